The van der Waals surface area contributed by atoms with Gasteiger partial charge >= 0.3 is 6.09 Å². The molecule has 0 aliphatic carbocycles. The highest BCUT2D eigenvalue weighted by Crippen LogP contribution is 2.32. The summed E-state index contributed by atoms with van der Waals surface area (Å²) in [7, 11) is 1.67. The maximum Gasteiger partial charge on any atom is 0.414 e. The average molecular weight is 398 g/mol. The van der Waals surface area contributed by atoms with Crippen LogP contribution in [0.4, 0.5) is 14.9 Å². The predicted octanol–water partition coefficient (Wildman–Crippen LogP) is 2.19. The number of anilines is 1. The largest absolute Gasteiger partial charge is 0.444 e. The number of nitrogens with two attached hydrogens (primary N) is 2. The number of guanidine groups is 1. The predicted molar refractivity (Wildman–Crippen MR) is 108 cm³/mol. The number of hydrazone groups is 1. The number of hydrogen-bond donors (Lipinski definition) is 2. The third-order valence-corrected chi connectivity index (χ3v) is 5.18. The van der Waals surface area contributed by atoms with Crippen LogP contribution in [0.25, 0.3) is 11.1 Å². The molecule has 4 rings (SSSR count). The first-order valence-corrected chi connectivity index (χ1v) is 9.28. The van der Waals surface area contributed by atoms with Gasteiger partial charge in [0.1, 0.15) is 11.9 Å². The highest BCUT2D eigenvalue weighted by atomic mass is 19.1. The molecule has 1 fully saturated rings. The molecular weight excluding hydrogens is 375 g/mol. The molecule has 8 nitrogen and oxygen atoms in total. The van der Waals surface area contributed by atoms with Crippen molar-refractivity contribution in [2.75, 3.05) is 18.5 Å². The summed E-state index contributed by atoms with van der Waals surface area (Å²) < 4.78 is 20.0. The topological polar surface area (TPSA) is 100 Å². The monoisotopic (exact) mass is 398 g/mol. The van der Waals surface area contributed by atoms with Crippen molar-refractivity contribution in [3.05, 3.63) is 53.3 Å². The van der Waals surface area contributed by atoms with Gasteiger partial charge in [0.2, 0.25) is 5.96 Å². The van der Waals surface area contributed by atoms with Crippen LogP contribution in [0.5, 0.6) is 0 Å². The Morgan fingerprint density at radius 1 is 1.24 bits per heavy atom. The molecule has 0 bridgehead atoms. The van der Waals surface area contributed by atoms with Gasteiger partial charge in [-0.1, -0.05) is 12.1 Å². The first kappa shape index (κ1) is 19.0. The summed E-state index contributed by atoms with van der Waals surface area (Å²) in [5.74, 6) is 11.3. The van der Waals surface area contributed by atoms with Crippen molar-refractivity contribution in [3.63, 3.8) is 0 Å². The summed E-state index contributed by atoms with van der Waals surface area (Å²) >= 11 is 0. The number of carbonyl (C=O) groups is 1. The minimum Gasteiger partial charge on any atom is -0.444 e. The fourth-order valence-corrected chi connectivity index (χ4v) is 3.82. The van der Waals surface area contributed by atoms with Crippen molar-refractivity contribution in [2.45, 2.75) is 26.1 Å². The minimum atomic E-state index is -0.454. The van der Waals surface area contributed by atoms with Crippen molar-refractivity contribution in [1.29, 1.82) is 0 Å². The zero-order chi connectivity index (χ0) is 20.7. The number of hydrogen-bond acceptors (Lipinski definition) is 5. The number of rotatable bonds is 2. The second-order valence-electron chi connectivity index (χ2n) is 7.35. The number of cyclic esters (lactones) is 1. The lowest BCUT2D eigenvalue weighted by Crippen LogP contribution is -2.44. The summed E-state index contributed by atoms with van der Waals surface area (Å²) in [6.45, 7) is 3.43. The van der Waals surface area contributed by atoms with Gasteiger partial charge in [0, 0.05) is 25.7 Å². The lowest BCUT2D eigenvalue weighted by atomic mass is 10.00. The van der Waals surface area contributed by atoms with Crippen LogP contribution in [0.3, 0.4) is 0 Å². The molecule has 2 aliphatic rings. The van der Waals surface area contributed by atoms with Gasteiger partial charge in [-0.3, -0.25) is 9.91 Å². The molecule has 1 saturated heterocycles. The van der Waals surface area contributed by atoms with E-state index in [4.69, 9.17) is 16.4 Å². The molecule has 0 spiro atoms. The molecule has 2 aliphatic heterocycles. The Morgan fingerprint density at radius 3 is 2.62 bits per heavy atom. The lowest BCUT2D eigenvalue weighted by Gasteiger charge is -2.24. The first-order valence-electron chi connectivity index (χ1n) is 9.28. The summed E-state index contributed by atoms with van der Waals surface area (Å²) in [5, 5.41) is 5.12. The molecule has 0 aromatic heterocycles. The second-order valence-corrected chi connectivity index (χ2v) is 7.35. The average Bonchev–Trinajstić information content (AvgIpc) is 3.23. The fourth-order valence-electron chi connectivity index (χ4n) is 3.82. The molecule has 2 aromatic carbocycles. The van der Waals surface area contributed by atoms with Crippen LogP contribution in [0.2, 0.25) is 0 Å². The summed E-state index contributed by atoms with van der Waals surface area (Å²) in [6.07, 6.45) is -0.663. The Bertz CT molecular complexity index is 993. The highest BCUT2D eigenvalue weighted by molar-refractivity contribution is 5.90. The number of halogens is 1. The van der Waals surface area contributed by atoms with Gasteiger partial charge in [-0.25, -0.2) is 15.0 Å². The van der Waals surface area contributed by atoms with Crippen molar-refractivity contribution in [3.8, 4) is 11.1 Å². The van der Waals surface area contributed by atoms with Crippen LogP contribution in [0.1, 0.15) is 18.1 Å². The van der Waals surface area contributed by atoms with Crippen LogP contribution in [0, 0.1) is 5.82 Å². The normalized spacial score (nSPS) is 18.8. The van der Waals surface area contributed by atoms with Gasteiger partial charge in [-0.2, -0.15) is 0 Å². The van der Waals surface area contributed by atoms with Gasteiger partial charge in [-0.05, 0) is 47.9 Å². The van der Waals surface area contributed by atoms with E-state index in [0.717, 1.165) is 16.7 Å². The quantitative estimate of drug-likeness (QED) is 0.348. The van der Waals surface area contributed by atoms with Crippen LogP contribution in [-0.4, -0.2) is 41.7 Å². The lowest BCUT2D eigenvalue weighted by molar-refractivity contribution is 0.150. The van der Waals surface area contributed by atoms with E-state index >= 15 is 0 Å². The minimum absolute atomic E-state index is 0.209. The molecule has 0 radical (unpaired) electrons. The summed E-state index contributed by atoms with van der Waals surface area (Å²) in [5.41, 5.74) is 3.90. The Labute approximate surface area is 168 Å². The standard InChI is InChI=1S/C20H23FN6O2/c1-12-9-27(20(28)29-12)16-5-6-17(18(21)8-16)13-3-4-14-10-26(11-15(14)7-13)19(24-22)25(2)23/h3-8,12H,9-11,22-23H2,1-2H3/b24-19+/t12-/m0/s1. The van der Waals surface area contributed by atoms with Crippen LogP contribution >= 0.6 is 0 Å². The van der Waals surface area contributed by atoms with Crippen LogP contribution in [0.15, 0.2) is 41.5 Å². The van der Waals surface area contributed by atoms with Crippen molar-refractivity contribution in [1.82, 2.24) is 9.91 Å². The molecular formula is C20H23FN6O2. The Morgan fingerprint density at radius 2 is 2.00 bits per heavy atom. The third kappa shape index (κ3) is 3.44. The Balaban J connectivity index is 1.59. The number of nitrogens with zero attached hydrogens (tertiary/aromatic N) is 4. The van der Waals surface area contributed by atoms with Gasteiger partial charge in [0.05, 0.1) is 12.2 Å². The van der Waals surface area contributed by atoms with Crippen molar-refractivity contribution < 1.29 is 13.9 Å². The molecule has 0 saturated carbocycles. The number of fused-ring (bicyclic) bond motifs is 1. The van der Waals surface area contributed by atoms with Crippen LogP contribution < -0.4 is 16.6 Å². The fraction of sp³-hybridized carbons (Fsp3) is 0.300. The molecule has 2 aromatic rings. The van der Waals surface area contributed by atoms with E-state index in [1.54, 1.807) is 26.1 Å². The SMILES string of the molecule is C[C@H]1CN(c2ccc(-c3ccc4c(c3)CN(/C(=N/N)N(C)N)C4)c(F)c2)C(=O)O1. The Hall–Kier alpha value is -3.33. The third-order valence-electron chi connectivity index (χ3n) is 5.18. The van der Waals surface area contributed by atoms with Gasteiger partial charge in [0.15, 0.2) is 0 Å². The number of carbonyl (C=O) groups excluding carboxylic acids is 1. The second kappa shape index (κ2) is 7.25. The molecule has 1 atom stereocenters. The van der Waals surface area contributed by atoms with E-state index < -0.39 is 11.9 Å². The van der Waals surface area contributed by atoms with E-state index in [1.807, 2.05) is 23.1 Å². The zero-order valence-corrected chi connectivity index (χ0v) is 16.3. The van der Waals surface area contributed by atoms with E-state index in [0.29, 0.717) is 36.8 Å². The van der Waals surface area contributed by atoms with E-state index in [2.05, 4.69) is 5.10 Å². The van der Waals surface area contributed by atoms with Crippen molar-refractivity contribution in [2.24, 2.45) is 16.8 Å². The number of ether oxygens (including phenoxy) is 1. The smallest absolute Gasteiger partial charge is 0.414 e. The Kier molecular flexibility index (Phi) is 4.75. The maximum absolute atomic E-state index is 14.9. The molecule has 2 heterocycles. The molecule has 152 valence electrons. The molecule has 1 amide bonds. The van der Waals surface area contributed by atoms with E-state index in [1.165, 1.54) is 16.0 Å². The summed E-state index contributed by atoms with van der Waals surface area (Å²) in [4.78, 5) is 15.3. The molecule has 4 N–H and O–H groups in total. The van der Waals surface area contributed by atoms with Gasteiger partial charge < -0.3 is 15.5 Å². The molecule has 9 heteroatoms. The number of amides is 1. The van der Waals surface area contributed by atoms with E-state index in [9.17, 15) is 9.18 Å². The summed E-state index contributed by atoms with van der Waals surface area (Å²) in [6, 6.07) is 10.6. The van der Waals surface area contributed by atoms with E-state index in [-0.39, 0.29) is 6.10 Å². The molecule has 0 unspecified atom stereocenters. The highest BCUT2D eigenvalue weighted by Gasteiger charge is 2.30. The van der Waals surface area contributed by atoms with Gasteiger partial charge in [-0.15, -0.1) is 5.10 Å². The first-order chi connectivity index (χ1) is 13.9. The maximum atomic E-state index is 14.9. The van der Waals surface area contributed by atoms with Crippen LogP contribution in [-0.2, 0) is 17.8 Å². The molecule has 29 heavy (non-hydrogen) atoms. The van der Waals surface area contributed by atoms with Gasteiger partial charge in [0.25, 0.3) is 0 Å². The number of benzene rings is 2. The van der Waals surface area contributed by atoms with Crippen molar-refractivity contribution >= 4 is 17.7 Å². The zero-order valence-electron chi connectivity index (χ0n) is 16.3. The number of hydrazine groups is 1.